The molecule has 3 unspecified atom stereocenters. The normalized spacial score (nSPS) is 26.4. The van der Waals surface area contributed by atoms with Gasteiger partial charge in [0.05, 0.1) is 18.1 Å². The summed E-state index contributed by atoms with van der Waals surface area (Å²) in [5.74, 6) is 1.52. The van der Waals surface area contributed by atoms with Crippen LogP contribution in [0.3, 0.4) is 0 Å². The van der Waals surface area contributed by atoms with Gasteiger partial charge < -0.3 is 5.32 Å². The fraction of sp³-hybridized carbons (Fsp3) is 0.647. The monoisotopic (exact) mass is 286 g/mol. The molecule has 0 aliphatic heterocycles. The molecular formula is C17H26N4. The summed E-state index contributed by atoms with van der Waals surface area (Å²) in [6.45, 7) is 8.99. The number of rotatable bonds is 3. The fourth-order valence-electron chi connectivity index (χ4n) is 3.40. The Hall–Kier alpha value is -1.58. The van der Waals surface area contributed by atoms with E-state index in [0.717, 1.165) is 22.6 Å². The molecule has 1 saturated carbocycles. The molecule has 1 fully saturated rings. The minimum absolute atomic E-state index is 0.341. The molecule has 0 spiro atoms. The van der Waals surface area contributed by atoms with E-state index >= 15 is 0 Å². The van der Waals surface area contributed by atoms with Crippen LogP contribution in [0.15, 0.2) is 18.5 Å². The Balaban J connectivity index is 1.81. The van der Waals surface area contributed by atoms with Crippen LogP contribution in [0.4, 0.5) is 5.69 Å². The molecule has 4 heteroatoms. The lowest BCUT2D eigenvalue weighted by Gasteiger charge is -2.35. The van der Waals surface area contributed by atoms with Gasteiger partial charge in [0.1, 0.15) is 0 Å². The first-order valence-corrected chi connectivity index (χ1v) is 8.16. The maximum Gasteiger partial charge on any atom is 0.158 e. The van der Waals surface area contributed by atoms with Gasteiger partial charge in [0.2, 0.25) is 0 Å². The molecule has 1 aliphatic rings. The first-order valence-electron chi connectivity index (χ1n) is 8.16. The zero-order chi connectivity index (χ0) is 15.0. The molecule has 3 rings (SSSR count). The maximum absolute atomic E-state index is 4.61. The SMILES string of the molecule is CC1CCCC(Nc2cnc3c(cnn3C(C)C)c2)C1C. The lowest BCUT2D eigenvalue weighted by atomic mass is 9.78. The summed E-state index contributed by atoms with van der Waals surface area (Å²) in [6, 6.07) is 3.08. The Labute approximate surface area is 126 Å². The van der Waals surface area contributed by atoms with Gasteiger partial charge in [-0.05, 0) is 38.2 Å². The zero-order valence-electron chi connectivity index (χ0n) is 13.5. The lowest BCUT2D eigenvalue weighted by Crippen LogP contribution is -2.35. The first-order chi connectivity index (χ1) is 10.1. The van der Waals surface area contributed by atoms with Crippen molar-refractivity contribution in [3.05, 3.63) is 18.5 Å². The molecule has 3 atom stereocenters. The number of nitrogens with one attached hydrogen (secondary N) is 1. The molecule has 21 heavy (non-hydrogen) atoms. The molecule has 1 N–H and O–H groups in total. The van der Waals surface area contributed by atoms with Gasteiger partial charge in [-0.15, -0.1) is 0 Å². The number of fused-ring (bicyclic) bond motifs is 1. The largest absolute Gasteiger partial charge is 0.381 e. The number of pyridine rings is 1. The molecule has 0 saturated heterocycles. The Morgan fingerprint density at radius 1 is 1.24 bits per heavy atom. The van der Waals surface area contributed by atoms with Gasteiger partial charge >= 0.3 is 0 Å². The highest BCUT2D eigenvalue weighted by Gasteiger charge is 2.26. The second kappa shape index (κ2) is 5.66. The second-order valence-corrected chi connectivity index (χ2v) is 6.84. The molecule has 2 aromatic heterocycles. The number of anilines is 1. The van der Waals surface area contributed by atoms with Crippen LogP contribution in [-0.2, 0) is 0 Å². The average Bonchev–Trinajstić information content (AvgIpc) is 2.87. The zero-order valence-corrected chi connectivity index (χ0v) is 13.5. The van der Waals surface area contributed by atoms with E-state index in [2.05, 4.69) is 49.2 Å². The quantitative estimate of drug-likeness (QED) is 0.917. The highest BCUT2D eigenvalue weighted by molar-refractivity contribution is 5.78. The third-order valence-corrected chi connectivity index (χ3v) is 4.98. The summed E-state index contributed by atoms with van der Waals surface area (Å²) in [7, 11) is 0. The third kappa shape index (κ3) is 2.76. The number of nitrogens with zero attached hydrogens (tertiary/aromatic N) is 3. The van der Waals surface area contributed by atoms with Crippen LogP contribution in [0.5, 0.6) is 0 Å². The van der Waals surface area contributed by atoms with Gasteiger partial charge in [0.25, 0.3) is 0 Å². The van der Waals surface area contributed by atoms with E-state index < -0.39 is 0 Å². The van der Waals surface area contributed by atoms with Crippen LogP contribution in [0.25, 0.3) is 11.0 Å². The predicted molar refractivity (Wildman–Crippen MR) is 87.5 cm³/mol. The van der Waals surface area contributed by atoms with Crippen LogP contribution in [0.1, 0.15) is 53.0 Å². The fourth-order valence-corrected chi connectivity index (χ4v) is 3.40. The van der Waals surface area contributed by atoms with Crippen LogP contribution >= 0.6 is 0 Å². The van der Waals surface area contributed by atoms with E-state index in [1.54, 1.807) is 0 Å². The van der Waals surface area contributed by atoms with Crippen molar-refractivity contribution in [2.75, 3.05) is 5.32 Å². The van der Waals surface area contributed by atoms with E-state index in [-0.39, 0.29) is 0 Å². The van der Waals surface area contributed by atoms with Crippen molar-refractivity contribution in [3.63, 3.8) is 0 Å². The molecule has 2 heterocycles. The van der Waals surface area contributed by atoms with Gasteiger partial charge in [-0.2, -0.15) is 5.10 Å². The Morgan fingerprint density at radius 3 is 2.81 bits per heavy atom. The van der Waals surface area contributed by atoms with Crippen molar-refractivity contribution in [3.8, 4) is 0 Å². The van der Waals surface area contributed by atoms with E-state index in [9.17, 15) is 0 Å². The minimum atomic E-state index is 0.341. The van der Waals surface area contributed by atoms with Gasteiger partial charge in [-0.3, -0.25) is 0 Å². The minimum Gasteiger partial charge on any atom is -0.381 e. The summed E-state index contributed by atoms with van der Waals surface area (Å²) < 4.78 is 1.98. The summed E-state index contributed by atoms with van der Waals surface area (Å²) in [6.07, 6.45) is 7.81. The standard InChI is InChI=1S/C17H26N4/c1-11(2)21-17-14(9-19-21)8-15(10-18-17)20-16-7-5-6-12(3)13(16)4/h8-13,16,20H,5-7H2,1-4H3. The second-order valence-electron chi connectivity index (χ2n) is 6.84. The summed E-state index contributed by atoms with van der Waals surface area (Å²) >= 11 is 0. The van der Waals surface area contributed by atoms with Crippen molar-refractivity contribution in [1.82, 2.24) is 14.8 Å². The summed E-state index contributed by atoms with van der Waals surface area (Å²) in [4.78, 5) is 4.61. The van der Waals surface area contributed by atoms with Gasteiger partial charge in [0.15, 0.2) is 5.65 Å². The Kier molecular flexibility index (Phi) is 3.87. The van der Waals surface area contributed by atoms with E-state index in [1.165, 1.54) is 19.3 Å². The summed E-state index contributed by atoms with van der Waals surface area (Å²) in [5, 5.41) is 9.24. The molecule has 0 radical (unpaired) electrons. The molecule has 4 nitrogen and oxygen atoms in total. The van der Waals surface area contributed by atoms with E-state index in [0.29, 0.717) is 18.0 Å². The van der Waals surface area contributed by atoms with Crippen molar-refractivity contribution >= 4 is 16.7 Å². The van der Waals surface area contributed by atoms with Gasteiger partial charge in [0, 0.05) is 17.5 Å². The lowest BCUT2D eigenvalue weighted by molar-refractivity contribution is 0.253. The van der Waals surface area contributed by atoms with Gasteiger partial charge in [-0.1, -0.05) is 26.7 Å². The van der Waals surface area contributed by atoms with Crippen molar-refractivity contribution in [2.24, 2.45) is 11.8 Å². The van der Waals surface area contributed by atoms with Crippen LogP contribution in [-0.4, -0.2) is 20.8 Å². The van der Waals surface area contributed by atoms with E-state index in [1.807, 2.05) is 17.1 Å². The topological polar surface area (TPSA) is 42.7 Å². The smallest absolute Gasteiger partial charge is 0.158 e. The molecule has 0 bridgehead atoms. The summed E-state index contributed by atoms with van der Waals surface area (Å²) in [5.41, 5.74) is 2.09. The Bertz CT molecular complexity index is 616. The van der Waals surface area contributed by atoms with Crippen LogP contribution in [0.2, 0.25) is 0 Å². The van der Waals surface area contributed by atoms with Crippen molar-refractivity contribution in [2.45, 2.75) is 59.0 Å². The van der Waals surface area contributed by atoms with E-state index in [4.69, 9.17) is 0 Å². The average molecular weight is 286 g/mol. The third-order valence-electron chi connectivity index (χ3n) is 4.98. The molecular weight excluding hydrogens is 260 g/mol. The van der Waals surface area contributed by atoms with Gasteiger partial charge in [-0.25, -0.2) is 9.67 Å². The number of hydrogen-bond donors (Lipinski definition) is 1. The molecule has 2 aromatic rings. The number of hydrogen-bond acceptors (Lipinski definition) is 3. The predicted octanol–water partition coefficient (Wildman–Crippen LogP) is 4.25. The molecule has 0 aromatic carbocycles. The molecule has 114 valence electrons. The number of aromatic nitrogens is 3. The molecule has 0 amide bonds. The van der Waals surface area contributed by atoms with Crippen molar-refractivity contribution in [1.29, 1.82) is 0 Å². The molecule has 1 aliphatic carbocycles. The maximum atomic E-state index is 4.61. The highest BCUT2D eigenvalue weighted by Crippen LogP contribution is 2.32. The van der Waals surface area contributed by atoms with Crippen LogP contribution in [0, 0.1) is 11.8 Å². The van der Waals surface area contributed by atoms with Crippen LogP contribution < -0.4 is 5.32 Å². The van der Waals surface area contributed by atoms with Crippen molar-refractivity contribution < 1.29 is 0 Å². The highest BCUT2D eigenvalue weighted by atomic mass is 15.3. The Morgan fingerprint density at radius 2 is 2.05 bits per heavy atom. The first kappa shape index (κ1) is 14.4.